The average Bonchev–Trinajstić information content (AvgIpc) is 3.67. The van der Waals surface area contributed by atoms with E-state index in [-0.39, 0.29) is 0 Å². The molecule has 0 bridgehead atoms. The van der Waals surface area contributed by atoms with Crippen LogP contribution in [0.15, 0.2) is 164 Å². The van der Waals surface area contributed by atoms with Crippen LogP contribution < -0.4 is 0 Å². The van der Waals surface area contributed by atoms with Crippen LogP contribution in [0.5, 0.6) is 0 Å². The third-order valence-electron chi connectivity index (χ3n) is 9.33. The summed E-state index contributed by atoms with van der Waals surface area (Å²) in [6.45, 7) is 0. The van der Waals surface area contributed by atoms with E-state index >= 15 is 0 Å². The number of aromatic nitrogens is 5. The molecule has 0 aliphatic heterocycles. The summed E-state index contributed by atoms with van der Waals surface area (Å²) in [5.41, 5.74) is 7.45. The first-order valence-electron chi connectivity index (χ1n) is 16.1. The van der Waals surface area contributed by atoms with Crippen molar-refractivity contribution in [3.05, 3.63) is 164 Å². The van der Waals surface area contributed by atoms with Crippen LogP contribution in [-0.2, 0) is 0 Å². The lowest BCUT2D eigenvalue weighted by Crippen LogP contribution is -2.06. The van der Waals surface area contributed by atoms with E-state index in [0.717, 1.165) is 38.8 Å². The van der Waals surface area contributed by atoms with Crippen LogP contribution in [-0.4, -0.2) is 24.1 Å². The maximum atomic E-state index is 5.14. The van der Waals surface area contributed by atoms with Gasteiger partial charge in [0.25, 0.3) is 0 Å². The number of nitrogens with zero attached hydrogens (tertiary/aromatic N) is 5. The van der Waals surface area contributed by atoms with Gasteiger partial charge < -0.3 is 4.57 Å². The van der Waals surface area contributed by atoms with Gasteiger partial charge >= 0.3 is 0 Å². The predicted octanol–water partition coefficient (Wildman–Crippen LogP) is 10.6. The molecule has 0 spiro atoms. The van der Waals surface area contributed by atoms with E-state index in [4.69, 9.17) is 15.0 Å². The van der Waals surface area contributed by atoms with Gasteiger partial charge in [0.05, 0.1) is 22.1 Å². The number of para-hydroxylation sites is 2. The first-order valence-corrected chi connectivity index (χ1v) is 16.1. The quantitative estimate of drug-likeness (QED) is 0.198. The molecule has 0 aliphatic carbocycles. The van der Waals surface area contributed by atoms with Gasteiger partial charge in [0.1, 0.15) is 0 Å². The monoisotopic (exact) mass is 613 g/mol. The Hall–Kier alpha value is -6.59. The van der Waals surface area contributed by atoms with Crippen LogP contribution in [0.25, 0.3) is 88.8 Å². The largest absolute Gasteiger partial charge is 0.309 e. The molecule has 0 N–H and O–H groups in total. The second-order valence-corrected chi connectivity index (χ2v) is 12.1. The van der Waals surface area contributed by atoms with Gasteiger partial charge in [-0.05, 0) is 53.2 Å². The van der Waals surface area contributed by atoms with Gasteiger partial charge in [0.15, 0.2) is 11.6 Å². The zero-order chi connectivity index (χ0) is 31.6. The number of fused-ring (bicyclic) bond motifs is 8. The van der Waals surface area contributed by atoms with Crippen molar-refractivity contribution in [3.63, 3.8) is 0 Å². The second-order valence-electron chi connectivity index (χ2n) is 12.1. The minimum Gasteiger partial charge on any atom is -0.309 e. The highest BCUT2D eigenvalue weighted by Crippen LogP contribution is 2.43. The number of rotatable bonds is 4. The zero-order valence-corrected chi connectivity index (χ0v) is 25.8. The summed E-state index contributed by atoms with van der Waals surface area (Å²) < 4.78 is 4.60. The van der Waals surface area contributed by atoms with Crippen LogP contribution in [0.3, 0.4) is 0 Å². The van der Waals surface area contributed by atoms with Gasteiger partial charge in [-0.15, -0.1) is 0 Å². The molecule has 224 valence electrons. The van der Waals surface area contributed by atoms with E-state index in [9.17, 15) is 0 Å². The fourth-order valence-corrected chi connectivity index (χ4v) is 7.22. The van der Waals surface area contributed by atoms with Gasteiger partial charge in [0.2, 0.25) is 5.95 Å². The number of hydrogen-bond donors (Lipinski definition) is 0. The summed E-state index contributed by atoms with van der Waals surface area (Å²) in [5, 5.41) is 7.20. The molecule has 0 aliphatic rings. The topological polar surface area (TPSA) is 48.5 Å². The Kier molecular flexibility index (Phi) is 5.81. The lowest BCUT2D eigenvalue weighted by Gasteiger charge is -2.11. The molecule has 0 radical (unpaired) electrons. The molecule has 5 heteroatoms. The number of benzene rings is 7. The smallest absolute Gasteiger partial charge is 0.238 e. The van der Waals surface area contributed by atoms with E-state index in [1.165, 1.54) is 32.4 Å². The van der Waals surface area contributed by atoms with E-state index in [2.05, 4.69) is 112 Å². The molecule has 0 fully saturated rings. The van der Waals surface area contributed by atoms with Crippen LogP contribution in [0.4, 0.5) is 0 Å². The molecule has 3 aromatic heterocycles. The van der Waals surface area contributed by atoms with Crippen molar-refractivity contribution in [1.82, 2.24) is 24.1 Å². The summed E-state index contributed by atoms with van der Waals surface area (Å²) in [6.07, 6.45) is 0. The summed E-state index contributed by atoms with van der Waals surface area (Å²) in [5.74, 6) is 1.86. The molecule has 7 aromatic carbocycles. The first-order chi connectivity index (χ1) is 23.8. The molecule has 48 heavy (non-hydrogen) atoms. The normalized spacial score (nSPS) is 11.8. The van der Waals surface area contributed by atoms with Crippen molar-refractivity contribution in [1.29, 1.82) is 0 Å². The van der Waals surface area contributed by atoms with Gasteiger partial charge in [-0.3, -0.25) is 4.57 Å². The van der Waals surface area contributed by atoms with Crippen molar-refractivity contribution >= 4 is 54.4 Å². The summed E-state index contributed by atoms with van der Waals surface area (Å²) >= 11 is 0. The molecule has 0 amide bonds. The van der Waals surface area contributed by atoms with Crippen molar-refractivity contribution in [2.24, 2.45) is 0 Å². The summed E-state index contributed by atoms with van der Waals surface area (Å²) in [4.78, 5) is 15.2. The molecule has 10 aromatic rings. The summed E-state index contributed by atoms with van der Waals surface area (Å²) in [7, 11) is 0. The van der Waals surface area contributed by atoms with E-state index < -0.39 is 0 Å². The fourth-order valence-electron chi connectivity index (χ4n) is 7.22. The van der Waals surface area contributed by atoms with Crippen molar-refractivity contribution in [3.8, 4) is 34.4 Å². The number of hydrogen-bond acceptors (Lipinski definition) is 3. The molecule has 3 heterocycles. The highest BCUT2D eigenvalue weighted by molar-refractivity contribution is 6.29. The Labute approximate surface area is 276 Å². The van der Waals surface area contributed by atoms with Crippen LogP contribution in [0, 0.1) is 0 Å². The average molecular weight is 614 g/mol. The second kappa shape index (κ2) is 10.5. The summed E-state index contributed by atoms with van der Waals surface area (Å²) in [6, 6.07) is 57.3. The molecule has 0 saturated carbocycles. The highest BCUT2D eigenvalue weighted by Gasteiger charge is 2.23. The van der Waals surface area contributed by atoms with E-state index in [0.29, 0.717) is 17.6 Å². The molecular weight excluding hydrogens is 587 g/mol. The Morgan fingerprint density at radius 3 is 1.54 bits per heavy atom. The predicted molar refractivity (Wildman–Crippen MR) is 197 cm³/mol. The maximum absolute atomic E-state index is 5.14. The SMILES string of the molecule is c1ccc(-c2nc(-c3ccccc3)nc(-n3c4ccccc4c4c5c6cc7ccccc7cc6n(-c6ccccc6)c5ccc43)n2)cc1. The Bertz CT molecular complexity index is 2760. The molecule has 5 nitrogen and oxygen atoms in total. The Morgan fingerprint density at radius 1 is 0.354 bits per heavy atom. The zero-order valence-electron chi connectivity index (χ0n) is 25.8. The van der Waals surface area contributed by atoms with Crippen LogP contribution >= 0.6 is 0 Å². The van der Waals surface area contributed by atoms with Gasteiger partial charge in [-0.25, -0.2) is 4.98 Å². The standard InChI is InChI=1S/C43H27N5/c1-4-14-28(15-5-1)41-44-42(29-16-6-2-7-17-29)46-43(45-41)48-35-23-13-12-22-33(35)39-37(48)25-24-36-40(39)34-26-30-18-10-11-19-31(30)27-38(34)47(36)32-20-8-3-9-21-32/h1-27H. The van der Waals surface area contributed by atoms with Crippen LogP contribution in [0.2, 0.25) is 0 Å². The molecule has 10 rings (SSSR count). The van der Waals surface area contributed by atoms with E-state index in [1.807, 2.05) is 60.7 Å². The maximum Gasteiger partial charge on any atom is 0.238 e. The third kappa shape index (κ3) is 4.01. The molecule has 0 atom stereocenters. The minimum atomic E-state index is 0.588. The highest BCUT2D eigenvalue weighted by atomic mass is 15.2. The molecule has 0 saturated heterocycles. The van der Waals surface area contributed by atoms with Gasteiger partial charge in [-0.1, -0.05) is 121 Å². The van der Waals surface area contributed by atoms with Crippen molar-refractivity contribution in [2.45, 2.75) is 0 Å². The molecule has 0 unspecified atom stereocenters. The third-order valence-corrected chi connectivity index (χ3v) is 9.33. The van der Waals surface area contributed by atoms with Crippen molar-refractivity contribution < 1.29 is 0 Å². The minimum absolute atomic E-state index is 0.588. The van der Waals surface area contributed by atoms with Crippen molar-refractivity contribution in [2.75, 3.05) is 0 Å². The van der Waals surface area contributed by atoms with E-state index in [1.54, 1.807) is 0 Å². The Morgan fingerprint density at radius 2 is 0.875 bits per heavy atom. The van der Waals surface area contributed by atoms with Crippen LogP contribution in [0.1, 0.15) is 0 Å². The molecular formula is C43H27N5. The lowest BCUT2D eigenvalue weighted by molar-refractivity contribution is 0.953. The van der Waals surface area contributed by atoms with Gasteiger partial charge in [-0.2, -0.15) is 9.97 Å². The lowest BCUT2D eigenvalue weighted by atomic mass is 10.0. The first kappa shape index (κ1) is 26.6. The Balaban J connectivity index is 1.35. The fraction of sp³-hybridized carbons (Fsp3) is 0. The van der Waals surface area contributed by atoms with Gasteiger partial charge in [0, 0.05) is 38.4 Å².